The molecule has 150 valence electrons. The van der Waals surface area contributed by atoms with Gasteiger partial charge in [0, 0.05) is 32.2 Å². The van der Waals surface area contributed by atoms with Crippen LogP contribution in [-0.4, -0.2) is 63.8 Å². The van der Waals surface area contributed by atoms with Crippen molar-refractivity contribution < 1.29 is 9.53 Å². The molecule has 0 bridgehead atoms. The number of rotatable bonds is 4. The first-order valence-corrected chi connectivity index (χ1v) is 9.61. The van der Waals surface area contributed by atoms with E-state index in [-0.39, 0.29) is 5.91 Å². The van der Waals surface area contributed by atoms with Gasteiger partial charge in [-0.05, 0) is 26.0 Å². The van der Waals surface area contributed by atoms with Crippen molar-refractivity contribution >= 4 is 11.7 Å². The minimum atomic E-state index is 0.0146. The number of anilines is 1. The number of hydrogen-bond acceptors (Lipinski definition) is 6. The number of aromatic nitrogens is 4. The molecule has 0 saturated carbocycles. The zero-order valence-electron chi connectivity index (χ0n) is 16.9. The largest absolute Gasteiger partial charge is 0.481 e. The predicted molar refractivity (Wildman–Crippen MR) is 110 cm³/mol. The van der Waals surface area contributed by atoms with Crippen molar-refractivity contribution in [2.75, 3.05) is 38.2 Å². The Hall–Kier alpha value is -3.42. The third-order valence-corrected chi connectivity index (χ3v) is 5.14. The van der Waals surface area contributed by atoms with E-state index >= 15 is 0 Å². The maximum atomic E-state index is 13.1. The Bertz CT molecular complexity index is 1010. The number of carbonyl (C=O) groups excluding carboxylic acids is 1. The topological polar surface area (TPSA) is 76.4 Å². The third-order valence-electron chi connectivity index (χ3n) is 5.14. The van der Waals surface area contributed by atoms with Gasteiger partial charge in [0.1, 0.15) is 11.6 Å². The molecule has 1 saturated heterocycles. The number of para-hydroxylation sites is 1. The van der Waals surface area contributed by atoms with Gasteiger partial charge in [0.05, 0.1) is 30.3 Å². The van der Waals surface area contributed by atoms with Gasteiger partial charge < -0.3 is 14.5 Å². The highest BCUT2D eigenvalue weighted by Crippen LogP contribution is 2.21. The van der Waals surface area contributed by atoms with Gasteiger partial charge in [0.25, 0.3) is 5.91 Å². The summed E-state index contributed by atoms with van der Waals surface area (Å²) in [5.41, 5.74) is 2.43. The van der Waals surface area contributed by atoms with Crippen LogP contribution in [0, 0.1) is 13.8 Å². The molecule has 2 aromatic heterocycles. The smallest absolute Gasteiger partial charge is 0.257 e. The van der Waals surface area contributed by atoms with E-state index in [0.29, 0.717) is 43.4 Å². The van der Waals surface area contributed by atoms with Gasteiger partial charge in [0.15, 0.2) is 0 Å². The molecule has 0 spiro atoms. The number of carbonyl (C=O) groups is 1. The van der Waals surface area contributed by atoms with Crippen molar-refractivity contribution in [3.05, 3.63) is 59.7 Å². The molecule has 1 aromatic carbocycles. The molecular weight excluding hydrogens is 368 g/mol. The SMILES string of the molecule is COc1cc(N2CCN(C(=O)c3cnn(-c4ccccc4)c3C)CC2)nc(C)n1. The standard InChI is InChI=1S/C21H24N6O2/c1-15-18(14-22-27(15)17-7-5-4-6-8-17)21(28)26-11-9-25(10-12-26)19-13-20(29-3)24-16(2)23-19/h4-8,13-14H,9-12H2,1-3H3. The fraction of sp³-hybridized carbons (Fsp3) is 0.333. The molecule has 4 rings (SSSR count). The van der Waals surface area contributed by atoms with E-state index in [2.05, 4.69) is 20.0 Å². The quantitative estimate of drug-likeness (QED) is 0.678. The second kappa shape index (κ2) is 7.90. The first kappa shape index (κ1) is 18.9. The Morgan fingerprint density at radius 3 is 2.45 bits per heavy atom. The summed E-state index contributed by atoms with van der Waals surface area (Å²) in [6.45, 7) is 6.44. The number of aryl methyl sites for hydroxylation is 1. The summed E-state index contributed by atoms with van der Waals surface area (Å²) in [6.07, 6.45) is 1.66. The second-order valence-corrected chi connectivity index (χ2v) is 6.99. The van der Waals surface area contributed by atoms with Gasteiger partial charge in [-0.3, -0.25) is 4.79 Å². The van der Waals surface area contributed by atoms with Crippen LogP contribution in [0.4, 0.5) is 5.82 Å². The fourth-order valence-electron chi connectivity index (χ4n) is 3.55. The Labute approximate surface area is 169 Å². The molecule has 8 heteroatoms. The predicted octanol–water partition coefficient (Wildman–Crippen LogP) is 2.25. The first-order valence-electron chi connectivity index (χ1n) is 9.61. The maximum Gasteiger partial charge on any atom is 0.257 e. The lowest BCUT2D eigenvalue weighted by Gasteiger charge is -2.35. The molecule has 1 aliphatic heterocycles. The van der Waals surface area contributed by atoms with Crippen molar-refractivity contribution in [1.82, 2.24) is 24.6 Å². The van der Waals surface area contributed by atoms with Crippen LogP contribution in [0.15, 0.2) is 42.6 Å². The van der Waals surface area contributed by atoms with Crippen molar-refractivity contribution in [2.24, 2.45) is 0 Å². The van der Waals surface area contributed by atoms with Gasteiger partial charge in [0.2, 0.25) is 5.88 Å². The lowest BCUT2D eigenvalue weighted by molar-refractivity contribution is 0.0745. The highest BCUT2D eigenvalue weighted by Gasteiger charge is 2.26. The van der Waals surface area contributed by atoms with Crippen LogP contribution in [0.3, 0.4) is 0 Å². The first-order chi connectivity index (χ1) is 14.1. The third kappa shape index (κ3) is 3.78. The molecule has 8 nitrogen and oxygen atoms in total. The minimum absolute atomic E-state index is 0.0146. The van der Waals surface area contributed by atoms with Gasteiger partial charge in [-0.15, -0.1) is 0 Å². The van der Waals surface area contributed by atoms with Crippen molar-refractivity contribution in [2.45, 2.75) is 13.8 Å². The lowest BCUT2D eigenvalue weighted by atomic mass is 10.2. The lowest BCUT2D eigenvalue weighted by Crippen LogP contribution is -2.49. The molecule has 0 radical (unpaired) electrons. The second-order valence-electron chi connectivity index (χ2n) is 6.99. The molecule has 1 fully saturated rings. The van der Waals surface area contributed by atoms with Crippen molar-refractivity contribution in [3.63, 3.8) is 0 Å². The van der Waals surface area contributed by atoms with E-state index in [9.17, 15) is 4.79 Å². The highest BCUT2D eigenvalue weighted by atomic mass is 16.5. The summed E-state index contributed by atoms with van der Waals surface area (Å²) in [6, 6.07) is 11.7. The minimum Gasteiger partial charge on any atom is -0.481 e. The van der Waals surface area contributed by atoms with Crippen molar-refractivity contribution in [1.29, 1.82) is 0 Å². The normalized spacial score (nSPS) is 14.2. The van der Waals surface area contributed by atoms with Crippen LogP contribution in [0.5, 0.6) is 5.88 Å². The van der Waals surface area contributed by atoms with Crippen LogP contribution in [0.2, 0.25) is 0 Å². The molecule has 3 heterocycles. The molecule has 3 aromatic rings. The van der Waals surface area contributed by atoms with Crippen LogP contribution in [0.25, 0.3) is 5.69 Å². The Balaban J connectivity index is 1.46. The van der Waals surface area contributed by atoms with Gasteiger partial charge in [-0.2, -0.15) is 10.1 Å². The molecule has 0 N–H and O–H groups in total. The molecule has 1 amide bonds. The summed E-state index contributed by atoms with van der Waals surface area (Å²) in [5, 5.41) is 4.42. The number of piperazine rings is 1. The van der Waals surface area contributed by atoms with E-state index < -0.39 is 0 Å². The van der Waals surface area contributed by atoms with Gasteiger partial charge >= 0.3 is 0 Å². The molecule has 1 aliphatic rings. The molecule has 29 heavy (non-hydrogen) atoms. The molecule has 0 unspecified atom stereocenters. The van der Waals surface area contributed by atoms with Gasteiger partial charge in [-0.1, -0.05) is 18.2 Å². The van der Waals surface area contributed by atoms with Crippen LogP contribution in [-0.2, 0) is 0 Å². The maximum absolute atomic E-state index is 13.1. The van der Waals surface area contributed by atoms with E-state index in [4.69, 9.17) is 4.74 Å². The van der Waals surface area contributed by atoms with Crippen molar-refractivity contribution in [3.8, 4) is 11.6 Å². The summed E-state index contributed by atoms with van der Waals surface area (Å²) in [7, 11) is 1.60. The van der Waals surface area contributed by atoms with E-state index in [1.165, 1.54) is 0 Å². The number of methoxy groups -OCH3 is 1. The van der Waals surface area contributed by atoms with Crippen LogP contribution in [0.1, 0.15) is 21.9 Å². The number of amides is 1. The Kier molecular flexibility index (Phi) is 5.16. The monoisotopic (exact) mass is 392 g/mol. The van der Waals surface area contributed by atoms with Crippen LogP contribution >= 0.6 is 0 Å². The average molecular weight is 392 g/mol. The fourth-order valence-corrected chi connectivity index (χ4v) is 3.55. The van der Waals surface area contributed by atoms with E-state index in [1.54, 1.807) is 18.0 Å². The molecule has 0 aliphatic carbocycles. The van der Waals surface area contributed by atoms with Crippen LogP contribution < -0.4 is 9.64 Å². The number of benzene rings is 1. The zero-order chi connectivity index (χ0) is 20.4. The summed E-state index contributed by atoms with van der Waals surface area (Å²) in [4.78, 5) is 25.8. The summed E-state index contributed by atoms with van der Waals surface area (Å²) < 4.78 is 7.05. The highest BCUT2D eigenvalue weighted by molar-refractivity contribution is 5.95. The van der Waals surface area contributed by atoms with Gasteiger partial charge in [-0.25, -0.2) is 9.67 Å². The average Bonchev–Trinajstić information content (AvgIpc) is 3.14. The summed E-state index contributed by atoms with van der Waals surface area (Å²) >= 11 is 0. The van der Waals surface area contributed by atoms with E-state index in [0.717, 1.165) is 17.2 Å². The Morgan fingerprint density at radius 2 is 1.76 bits per heavy atom. The zero-order valence-corrected chi connectivity index (χ0v) is 16.9. The Morgan fingerprint density at radius 1 is 1.03 bits per heavy atom. The number of nitrogens with zero attached hydrogens (tertiary/aromatic N) is 6. The van der Waals surface area contributed by atoms with E-state index in [1.807, 2.05) is 55.1 Å². The molecular formula is C21H24N6O2. The molecule has 0 atom stereocenters. The summed E-state index contributed by atoms with van der Waals surface area (Å²) in [5.74, 6) is 2.06. The number of hydrogen-bond donors (Lipinski definition) is 0. The number of ether oxygens (including phenoxy) is 1.